The predicted molar refractivity (Wildman–Crippen MR) is 70.0 cm³/mol. The molecular weight excluding hydrogens is 214 g/mol. The molecule has 0 unspecified atom stereocenters. The maximum absolute atomic E-state index is 9.61. The second-order valence-corrected chi connectivity index (χ2v) is 4.64. The third-order valence-electron chi connectivity index (χ3n) is 3.39. The van der Waals surface area contributed by atoms with Crippen LogP contribution in [0.1, 0.15) is 49.7 Å². The number of aryl methyl sites for hydroxylation is 2. The molecule has 0 aliphatic rings. The Bertz CT molecular complexity index is 360. The quantitative estimate of drug-likeness (QED) is 0.796. The van der Waals surface area contributed by atoms with Gasteiger partial charge in [0.25, 0.3) is 0 Å². The topological polar surface area (TPSA) is 50.1 Å². The molecule has 0 saturated heterocycles. The Morgan fingerprint density at radius 2 is 1.94 bits per heavy atom. The average molecular weight is 239 g/mol. The standard InChI is InChI=1S/C13H25N3O/c1-6-11(17)8-14-12(7-2)13-9(3)15-16(5)10(13)4/h11-12,14,17H,6-8H2,1-5H3/t11-,12-/m0/s1. The van der Waals surface area contributed by atoms with E-state index in [1.807, 2.05) is 25.6 Å². The van der Waals surface area contributed by atoms with Crippen molar-refractivity contribution in [3.63, 3.8) is 0 Å². The molecule has 4 nitrogen and oxygen atoms in total. The lowest BCUT2D eigenvalue weighted by atomic mass is 10.0. The van der Waals surface area contributed by atoms with E-state index in [2.05, 4.69) is 24.3 Å². The Morgan fingerprint density at radius 1 is 1.29 bits per heavy atom. The molecule has 2 N–H and O–H groups in total. The molecule has 0 bridgehead atoms. The maximum Gasteiger partial charge on any atom is 0.0662 e. The fourth-order valence-electron chi connectivity index (χ4n) is 2.17. The Morgan fingerprint density at radius 3 is 2.35 bits per heavy atom. The highest BCUT2D eigenvalue weighted by atomic mass is 16.3. The molecule has 98 valence electrons. The molecule has 0 fully saturated rings. The number of hydrogen-bond acceptors (Lipinski definition) is 3. The number of hydrogen-bond donors (Lipinski definition) is 2. The predicted octanol–water partition coefficient (Wildman–Crippen LogP) is 1.85. The van der Waals surface area contributed by atoms with Gasteiger partial charge in [-0.15, -0.1) is 0 Å². The molecule has 4 heteroatoms. The second kappa shape index (κ2) is 6.17. The minimum Gasteiger partial charge on any atom is -0.392 e. The van der Waals surface area contributed by atoms with Crippen molar-refractivity contribution < 1.29 is 5.11 Å². The summed E-state index contributed by atoms with van der Waals surface area (Å²) in [5.41, 5.74) is 3.56. The van der Waals surface area contributed by atoms with E-state index in [9.17, 15) is 5.11 Å². The van der Waals surface area contributed by atoms with E-state index in [-0.39, 0.29) is 12.1 Å². The van der Waals surface area contributed by atoms with Gasteiger partial charge in [0.2, 0.25) is 0 Å². The highest BCUT2D eigenvalue weighted by Gasteiger charge is 2.18. The highest BCUT2D eigenvalue weighted by molar-refractivity contribution is 5.28. The fourth-order valence-corrected chi connectivity index (χ4v) is 2.17. The van der Waals surface area contributed by atoms with Gasteiger partial charge in [0.1, 0.15) is 0 Å². The third-order valence-corrected chi connectivity index (χ3v) is 3.39. The van der Waals surface area contributed by atoms with Crippen molar-refractivity contribution in [3.8, 4) is 0 Å². The Labute approximate surface area is 104 Å². The van der Waals surface area contributed by atoms with Crippen LogP contribution in [0.15, 0.2) is 0 Å². The van der Waals surface area contributed by atoms with Gasteiger partial charge in [-0.05, 0) is 26.7 Å². The number of aliphatic hydroxyl groups excluding tert-OH is 1. The van der Waals surface area contributed by atoms with Crippen molar-refractivity contribution in [1.82, 2.24) is 15.1 Å². The number of aliphatic hydroxyl groups is 1. The van der Waals surface area contributed by atoms with E-state index in [1.54, 1.807) is 0 Å². The normalized spacial score (nSPS) is 14.9. The lowest BCUT2D eigenvalue weighted by molar-refractivity contribution is 0.162. The van der Waals surface area contributed by atoms with Crippen molar-refractivity contribution in [3.05, 3.63) is 17.0 Å². The van der Waals surface area contributed by atoms with Crippen molar-refractivity contribution in [1.29, 1.82) is 0 Å². The number of aromatic nitrogens is 2. The smallest absolute Gasteiger partial charge is 0.0662 e. The summed E-state index contributed by atoms with van der Waals surface area (Å²) in [5, 5.41) is 17.5. The molecule has 0 spiro atoms. The van der Waals surface area contributed by atoms with Gasteiger partial charge < -0.3 is 10.4 Å². The van der Waals surface area contributed by atoms with Gasteiger partial charge in [0, 0.05) is 30.9 Å². The van der Waals surface area contributed by atoms with Crippen LogP contribution in [0.25, 0.3) is 0 Å². The Balaban J connectivity index is 2.79. The SMILES string of the molecule is CC[C@H](O)CN[C@@H](CC)c1c(C)nn(C)c1C. The molecule has 2 atom stereocenters. The number of rotatable bonds is 6. The summed E-state index contributed by atoms with van der Waals surface area (Å²) in [5.74, 6) is 0. The van der Waals surface area contributed by atoms with E-state index in [1.165, 1.54) is 11.3 Å². The summed E-state index contributed by atoms with van der Waals surface area (Å²) in [6.45, 7) is 8.93. The lowest BCUT2D eigenvalue weighted by Crippen LogP contribution is -2.30. The molecule has 1 aromatic rings. The maximum atomic E-state index is 9.61. The highest BCUT2D eigenvalue weighted by Crippen LogP contribution is 2.23. The zero-order valence-corrected chi connectivity index (χ0v) is 11.6. The van der Waals surface area contributed by atoms with Crippen molar-refractivity contribution in [2.75, 3.05) is 6.54 Å². The molecule has 1 aromatic heterocycles. The van der Waals surface area contributed by atoms with Gasteiger partial charge >= 0.3 is 0 Å². The first-order valence-electron chi connectivity index (χ1n) is 6.42. The van der Waals surface area contributed by atoms with Gasteiger partial charge in [-0.1, -0.05) is 13.8 Å². The van der Waals surface area contributed by atoms with E-state index < -0.39 is 0 Å². The first-order valence-corrected chi connectivity index (χ1v) is 6.42. The van der Waals surface area contributed by atoms with Gasteiger partial charge in [-0.3, -0.25) is 4.68 Å². The molecule has 1 heterocycles. The van der Waals surface area contributed by atoms with Crippen LogP contribution in [0.4, 0.5) is 0 Å². The van der Waals surface area contributed by atoms with Gasteiger partial charge in [0.05, 0.1) is 11.8 Å². The van der Waals surface area contributed by atoms with Crippen LogP contribution in [-0.2, 0) is 7.05 Å². The van der Waals surface area contributed by atoms with Gasteiger partial charge in [0.15, 0.2) is 0 Å². The van der Waals surface area contributed by atoms with Gasteiger partial charge in [-0.2, -0.15) is 5.10 Å². The summed E-state index contributed by atoms with van der Waals surface area (Å²) in [4.78, 5) is 0. The molecule has 1 rings (SSSR count). The van der Waals surface area contributed by atoms with Crippen LogP contribution in [0.2, 0.25) is 0 Å². The monoisotopic (exact) mass is 239 g/mol. The van der Waals surface area contributed by atoms with Crippen molar-refractivity contribution in [2.45, 2.75) is 52.7 Å². The van der Waals surface area contributed by atoms with E-state index in [4.69, 9.17) is 0 Å². The molecule has 0 radical (unpaired) electrons. The molecule has 0 saturated carbocycles. The Kier molecular flexibility index (Phi) is 5.15. The van der Waals surface area contributed by atoms with Crippen LogP contribution in [0, 0.1) is 13.8 Å². The van der Waals surface area contributed by atoms with E-state index >= 15 is 0 Å². The molecule has 0 aliphatic carbocycles. The first-order chi connectivity index (χ1) is 8.01. The minimum atomic E-state index is -0.263. The summed E-state index contributed by atoms with van der Waals surface area (Å²) >= 11 is 0. The zero-order valence-electron chi connectivity index (χ0n) is 11.6. The molecule has 0 aliphatic heterocycles. The van der Waals surface area contributed by atoms with E-state index in [0.29, 0.717) is 6.54 Å². The molecule has 0 amide bonds. The van der Waals surface area contributed by atoms with Crippen LogP contribution in [0.5, 0.6) is 0 Å². The van der Waals surface area contributed by atoms with Crippen LogP contribution < -0.4 is 5.32 Å². The average Bonchev–Trinajstić information content (AvgIpc) is 2.55. The third kappa shape index (κ3) is 3.30. The fraction of sp³-hybridized carbons (Fsp3) is 0.769. The summed E-state index contributed by atoms with van der Waals surface area (Å²) < 4.78 is 1.92. The summed E-state index contributed by atoms with van der Waals surface area (Å²) in [6.07, 6.45) is 1.53. The Hall–Kier alpha value is -0.870. The summed E-state index contributed by atoms with van der Waals surface area (Å²) in [7, 11) is 1.97. The van der Waals surface area contributed by atoms with Crippen LogP contribution in [-0.4, -0.2) is 27.5 Å². The molecular formula is C13H25N3O. The lowest BCUT2D eigenvalue weighted by Gasteiger charge is -2.19. The number of nitrogens with one attached hydrogen (secondary N) is 1. The van der Waals surface area contributed by atoms with Crippen molar-refractivity contribution in [2.24, 2.45) is 7.05 Å². The van der Waals surface area contributed by atoms with Crippen LogP contribution >= 0.6 is 0 Å². The second-order valence-electron chi connectivity index (χ2n) is 4.64. The summed E-state index contributed by atoms with van der Waals surface area (Å²) in [6, 6.07) is 0.282. The molecule has 17 heavy (non-hydrogen) atoms. The van der Waals surface area contributed by atoms with Crippen molar-refractivity contribution >= 4 is 0 Å². The first kappa shape index (κ1) is 14.2. The largest absolute Gasteiger partial charge is 0.392 e. The minimum absolute atomic E-state index is 0.263. The molecule has 0 aromatic carbocycles. The van der Waals surface area contributed by atoms with Crippen LogP contribution in [0.3, 0.4) is 0 Å². The van der Waals surface area contributed by atoms with E-state index in [0.717, 1.165) is 18.5 Å². The zero-order chi connectivity index (χ0) is 13.0. The number of nitrogens with zero attached hydrogens (tertiary/aromatic N) is 2. The van der Waals surface area contributed by atoms with Gasteiger partial charge in [-0.25, -0.2) is 0 Å².